The van der Waals surface area contributed by atoms with Crippen molar-refractivity contribution in [3.63, 3.8) is 0 Å². The molecule has 1 atom stereocenters. The number of hydrogen-bond donors (Lipinski definition) is 1. The van der Waals surface area contributed by atoms with Crippen LogP contribution in [0.5, 0.6) is 5.75 Å². The van der Waals surface area contributed by atoms with Crippen LogP contribution >= 0.6 is 0 Å². The molecule has 0 bridgehead atoms. The van der Waals surface area contributed by atoms with Gasteiger partial charge in [0.25, 0.3) is 0 Å². The lowest BCUT2D eigenvalue weighted by atomic mass is 10.1. The van der Waals surface area contributed by atoms with Gasteiger partial charge in [-0.2, -0.15) is 0 Å². The highest BCUT2D eigenvalue weighted by atomic mass is 16.5. The lowest BCUT2D eigenvalue weighted by Gasteiger charge is -2.02. The number of ether oxygens (including phenoxy) is 1. The van der Waals surface area contributed by atoms with E-state index in [4.69, 9.17) is 10.5 Å². The van der Waals surface area contributed by atoms with Gasteiger partial charge >= 0.3 is 0 Å². The molecule has 0 fully saturated rings. The Labute approximate surface area is 100 Å². The lowest BCUT2D eigenvalue weighted by Crippen LogP contribution is -2.20. The zero-order valence-corrected chi connectivity index (χ0v) is 9.76. The molecule has 1 aromatic heterocycles. The second-order valence-corrected chi connectivity index (χ2v) is 4.39. The number of methoxy groups -OCH3 is 1. The van der Waals surface area contributed by atoms with Crippen molar-refractivity contribution in [1.29, 1.82) is 0 Å². The summed E-state index contributed by atoms with van der Waals surface area (Å²) in [7, 11) is 1.67. The normalized spacial score (nSPS) is 18.1. The van der Waals surface area contributed by atoms with Gasteiger partial charge in [-0.15, -0.1) is 0 Å². The molecule has 1 aliphatic rings. The zero-order valence-electron chi connectivity index (χ0n) is 9.76. The lowest BCUT2D eigenvalue weighted by molar-refractivity contribution is 0.415. The van der Waals surface area contributed by atoms with Crippen LogP contribution < -0.4 is 10.5 Å². The van der Waals surface area contributed by atoms with E-state index < -0.39 is 0 Å². The van der Waals surface area contributed by atoms with Gasteiger partial charge in [-0.1, -0.05) is 0 Å². The molecule has 0 amide bonds. The van der Waals surface area contributed by atoms with E-state index in [-0.39, 0.29) is 6.04 Å². The average molecular weight is 229 g/mol. The van der Waals surface area contributed by atoms with Crippen molar-refractivity contribution < 1.29 is 4.74 Å². The summed E-state index contributed by atoms with van der Waals surface area (Å²) in [6.45, 7) is 0.874. The summed E-state index contributed by atoms with van der Waals surface area (Å²) in [5.41, 5.74) is 8.00. The molecular weight excluding hydrogens is 214 g/mol. The molecule has 88 valence electrons. The summed E-state index contributed by atoms with van der Waals surface area (Å²) in [4.78, 5) is 4.61. The number of nitrogens with zero attached hydrogens (tertiary/aromatic N) is 2. The molecule has 1 unspecified atom stereocenters. The molecule has 0 saturated carbocycles. The number of imidazole rings is 1. The Kier molecular flexibility index (Phi) is 2.37. The molecule has 0 aliphatic carbocycles. The van der Waals surface area contributed by atoms with Crippen molar-refractivity contribution in [3.05, 3.63) is 36.3 Å². The standard InChI is InChI=1S/C13H15N3O/c1-17-11-4-2-9(3-5-11)12-8-16-7-10(14)6-13(16)15-12/h2-5,8,10H,6-7,14H2,1H3. The molecule has 1 aromatic carbocycles. The molecule has 17 heavy (non-hydrogen) atoms. The number of hydrogen-bond acceptors (Lipinski definition) is 3. The van der Waals surface area contributed by atoms with Crippen molar-refractivity contribution in [2.45, 2.75) is 19.0 Å². The van der Waals surface area contributed by atoms with Gasteiger partial charge in [0.15, 0.2) is 0 Å². The summed E-state index contributed by atoms with van der Waals surface area (Å²) in [5.74, 6) is 1.95. The Balaban J connectivity index is 1.91. The third-order valence-electron chi connectivity index (χ3n) is 3.12. The maximum Gasteiger partial charge on any atom is 0.118 e. The van der Waals surface area contributed by atoms with E-state index >= 15 is 0 Å². The van der Waals surface area contributed by atoms with E-state index in [2.05, 4.69) is 15.7 Å². The van der Waals surface area contributed by atoms with Gasteiger partial charge < -0.3 is 15.0 Å². The quantitative estimate of drug-likeness (QED) is 0.847. The first-order valence-electron chi connectivity index (χ1n) is 5.72. The van der Waals surface area contributed by atoms with Crippen LogP contribution in [0.1, 0.15) is 5.82 Å². The summed E-state index contributed by atoms with van der Waals surface area (Å²) in [6.07, 6.45) is 2.94. The Hall–Kier alpha value is -1.81. The molecule has 0 saturated heterocycles. The van der Waals surface area contributed by atoms with Crippen molar-refractivity contribution in [2.75, 3.05) is 7.11 Å². The van der Waals surface area contributed by atoms with E-state index in [1.165, 1.54) is 0 Å². The van der Waals surface area contributed by atoms with Crippen molar-refractivity contribution >= 4 is 0 Å². The van der Waals surface area contributed by atoms with Gasteiger partial charge in [0.1, 0.15) is 11.6 Å². The first-order chi connectivity index (χ1) is 8.26. The van der Waals surface area contributed by atoms with E-state index in [1.54, 1.807) is 7.11 Å². The van der Waals surface area contributed by atoms with Crippen LogP contribution in [-0.2, 0) is 13.0 Å². The van der Waals surface area contributed by atoms with Gasteiger partial charge in [0.05, 0.1) is 12.8 Å². The highest BCUT2D eigenvalue weighted by Gasteiger charge is 2.20. The highest BCUT2D eigenvalue weighted by Crippen LogP contribution is 2.24. The fourth-order valence-corrected chi connectivity index (χ4v) is 2.23. The van der Waals surface area contributed by atoms with E-state index in [0.717, 1.165) is 35.8 Å². The molecule has 3 rings (SSSR count). The van der Waals surface area contributed by atoms with Crippen LogP contribution in [0.2, 0.25) is 0 Å². The summed E-state index contributed by atoms with van der Waals surface area (Å²) < 4.78 is 7.28. The topological polar surface area (TPSA) is 53.1 Å². The van der Waals surface area contributed by atoms with Crippen molar-refractivity contribution in [1.82, 2.24) is 9.55 Å². The zero-order chi connectivity index (χ0) is 11.8. The molecule has 0 radical (unpaired) electrons. The molecule has 4 heteroatoms. The maximum atomic E-state index is 5.88. The molecular formula is C13H15N3O. The first-order valence-corrected chi connectivity index (χ1v) is 5.72. The molecule has 2 heterocycles. The van der Waals surface area contributed by atoms with Gasteiger partial charge in [0, 0.05) is 30.8 Å². The van der Waals surface area contributed by atoms with Crippen LogP contribution in [0.25, 0.3) is 11.3 Å². The minimum absolute atomic E-state index is 0.224. The molecule has 2 N–H and O–H groups in total. The maximum absolute atomic E-state index is 5.88. The van der Waals surface area contributed by atoms with Gasteiger partial charge in [0.2, 0.25) is 0 Å². The number of rotatable bonds is 2. The third-order valence-corrected chi connectivity index (χ3v) is 3.12. The van der Waals surface area contributed by atoms with E-state index in [0.29, 0.717) is 0 Å². The summed E-state index contributed by atoms with van der Waals surface area (Å²) in [5, 5.41) is 0. The number of nitrogens with two attached hydrogens (primary N) is 1. The first kappa shape index (κ1) is 10.4. The van der Waals surface area contributed by atoms with Crippen LogP contribution in [0.3, 0.4) is 0 Å². The summed E-state index contributed by atoms with van der Waals surface area (Å²) >= 11 is 0. The van der Waals surface area contributed by atoms with E-state index in [9.17, 15) is 0 Å². The van der Waals surface area contributed by atoms with Crippen LogP contribution in [0.15, 0.2) is 30.5 Å². The predicted octanol–water partition coefficient (Wildman–Crippen LogP) is 1.44. The Morgan fingerprint density at radius 3 is 2.76 bits per heavy atom. The fraction of sp³-hybridized carbons (Fsp3) is 0.308. The van der Waals surface area contributed by atoms with Crippen LogP contribution in [0.4, 0.5) is 0 Å². The smallest absolute Gasteiger partial charge is 0.118 e. The monoisotopic (exact) mass is 229 g/mol. The number of aromatic nitrogens is 2. The SMILES string of the molecule is COc1ccc(-c2cn3c(n2)CC(N)C3)cc1. The van der Waals surface area contributed by atoms with Gasteiger partial charge in [-0.05, 0) is 24.3 Å². The average Bonchev–Trinajstić information content (AvgIpc) is 2.86. The Morgan fingerprint density at radius 1 is 1.35 bits per heavy atom. The van der Waals surface area contributed by atoms with Gasteiger partial charge in [-0.3, -0.25) is 0 Å². The number of benzene rings is 1. The minimum atomic E-state index is 0.224. The van der Waals surface area contributed by atoms with Crippen LogP contribution in [-0.4, -0.2) is 22.7 Å². The summed E-state index contributed by atoms with van der Waals surface area (Å²) in [6, 6.07) is 8.17. The largest absolute Gasteiger partial charge is 0.497 e. The van der Waals surface area contributed by atoms with Crippen molar-refractivity contribution in [3.8, 4) is 17.0 Å². The molecule has 4 nitrogen and oxygen atoms in total. The van der Waals surface area contributed by atoms with E-state index in [1.807, 2.05) is 24.3 Å². The highest BCUT2D eigenvalue weighted by molar-refractivity contribution is 5.59. The molecule has 2 aromatic rings. The van der Waals surface area contributed by atoms with Crippen molar-refractivity contribution in [2.24, 2.45) is 5.73 Å². The second-order valence-electron chi connectivity index (χ2n) is 4.39. The Morgan fingerprint density at radius 2 is 2.12 bits per heavy atom. The predicted molar refractivity (Wildman–Crippen MR) is 65.9 cm³/mol. The second kappa shape index (κ2) is 3.89. The Bertz CT molecular complexity index is 507. The minimum Gasteiger partial charge on any atom is -0.497 e. The molecule has 0 spiro atoms. The third kappa shape index (κ3) is 1.80. The fourth-order valence-electron chi connectivity index (χ4n) is 2.23. The van der Waals surface area contributed by atoms with Gasteiger partial charge in [-0.25, -0.2) is 4.98 Å². The number of fused-ring (bicyclic) bond motifs is 1. The molecule has 1 aliphatic heterocycles. The van der Waals surface area contributed by atoms with Crippen LogP contribution in [0, 0.1) is 0 Å².